The number of allylic oxidation sites excluding steroid dienone is 2. The minimum absolute atomic E-state index is 0.604. The highest BCUT2D eigenvalue weighted by Gasteiger charge is 2.17. The average molecular weight is 595 g/mol. The van der Waals surface area contributed by atoms with Crippen LogP contribution in [0.5, 0.6) is 11.5 Å². The molecule has 2 aromatic carbocycles. The number of nitrogens with zero attached hydrogens (tertiary/aromatic N) is 2. The van der Waals surface area contributed by atoms with Crippen LogP contribution in [0.25, 0.3) is 34.1 Å². The van der Waals surface area contributed by atoms with Gasteiger partial charge in [-0.2, -0.15) is 10.5 Å². The van der Waals surface area contributed by atoms with E-state index in [1.165, 1.54) is 25.7 Å². The lowest BCUT2D eigenvalue weighted by Crippen LogP contribution is -2.03. The number of rotatable bonds is 16. The molecule has 0 spiro atoms. The minimum Gasteiger partial charge on any atom is -0.492 e. The molecule has 4 rings (SSSR count). The lowest BCUT2D eigenvalue weighted by Gasteiger charge is -2.18. The maximum Gasteiger partial charge on any atom is 0.134 e. The van der Waals surface area contributed by atoms with Crippen molar-refractivity contribution >= 4 is 56.7 Å². The van der Waals surface area contributed by atoms with Crippen molar-refractivity contribution in [3.8, 4) is 23.6 Å². The molecule has 0 saturated heterocycles. The maximum absolute atomic E-state index is 9.96. The second-order valence-corrected chi connectivity index (χ2v) is 12.1. The second-order valence-electron chi connectivity index (χ2n) is 10.2. The van der Waals surface area contributed by atoms with Crippen molar-refractivity contribution in [2.24, 2.45) is 0 Å². The number of thiophene rings is 2. The molecule has 0 fully saturated rings. The number of nitriles is 2. The van der Waals surface area contributed by atoms with Gasteiger partial charge >= 0.3 is 0 Å². The van der Waals surface area contributed by atoms with Crippen molar-refractivity contribution in [2.75, 3.05) is 13.2 Å². The van der Waals surface area contributed by atoms with Gasteiger partial charge in [0.15, 0.2) is 0 Å². The first-order valence-electron chi connectivity index (χ1n) is 14.9. The van der Waals surface area contributed by atoms with Gasteiger partial charge in [0.2, 0.25) is 0 Å². The largest absolute Gasteiger partial charge is 0.492 e. The van der Waals surface area contributed by atoms with Crippen molar-refractivity contribution < 1.29 is 9.47 Å². The summed E-state index contributed by atoms with van der Waals surface area (Å²) in [7, 11) is 0. The lowest BCUT2D eigenvalue weighted by molar-refractivity contribution is 0.305. The Morgan fingerprint density at radius 3 is 1.45 bits per heavy atom. The van der Waals surface area contributed by atoms with Crippen LogP contribution in [0.15, 0.2) is 59.3 Å². The monoisotopic (exact) mass is 594 g/mol. The summed E-state index contributed by atoms with van der Waals surface area (Å²) in [4.78, 5) is 1.86. The number of fused-ring (bicyclic) bond motifs is 1. The van der Waals surface area contributed by atoms with E-state index in [1.54, 1.807) is 22.7 Å². The Kier molecular flexibility index (Phi) is 12.3. The number of hydrogen-bond donors (Lipinski definition) is 0. The van der Waals surface area contributed by atoms with Gasteiger partial charge in [-0.1, -0.05) is 76.6 Å². The van der Waals surface area contributed by atoms with Crippen LogP contribution < -0.4 is 9.47 Å². The topological polar surface area (TPSA) is 66.0 Å². The lowest BCUT2D eigenvalue weighted by atomic mass is 9.98. The van der Waals surface area contributed by atoms with E-state index in [2.05, 4.69) is 38.1 Å². The summed E-state index contributed by atoms with van der Waals surface area (Å²) in [5.41, 5.74) is 2.97. The van der Waals surface area contributed by atoms with Gasteiger partial charge in [0.05, 0.1) is 24.4 Å². The van der Waals surface area contributed by atoms with Gasteiger partial charge < -0.3 is 9.47 Å². The van der Waals surface area contributed by atoms with Crippen LogP contribution in [0.3, 0.4) is 0 Å². The van der Waals surface area contributed by atoms with E-state index in [0.29, 0.717) is 24.4 Å². The van der Waals surface area contributed by atoms with E-state index < -0.39 is 0 Å². The highest BCUT2D eigenvalue weighted by Crippen LogP contribution is 2.40. The van der Waals surface area contributed by atoms with Gasteiger partial charge in [-0.05, 0) is 60.0 Å². The molecular weight excluding hydrogens is 557 g/mol. The SMILES string of the molecule is CCCCCCOc1c(/C=C(\C#N)c2cccs2)ccc2c(OCCCCCC)c(/C=C(\C#N)c3cccs3)ccc12. The quantitative estimate of drug-likeness (QED) is 0.0956. The van der Waals surface area contributed by atoms with Crippen molar-refractivity contribution in [1.82, 2.24) is 0 Å². The van der Waals surface area contributed by atoms with Crippen LogP contribution >= 0.6 is 22.7 Å². The molecule has 0 bridgehead atoms. The molecule has 0 aliphatic heterocycles. The second kappa shape index (κ2) is 16.6. The van der Waals surface area contributed by atoms with Crippen LogP contribution in [-0.4, -0.2) is 13.2 Å². The van der Waals surface area contributed by atoms with Crippen molar-refractivity contribution in [3.05, 3.63) is 80.2 Å². The predicted molar refractivity (Wildman–Crippen MR) is 179 cm³/mol. The third-order valence-electron chi connectivity index (χ3n) is 7.07. The zero-order valence-corrected chi connectivity index (χ0v) is 26.2. The zero-order chi connectivity index (χ0) is 29.6. The highest BCUT2D eigenvalue weighted by molar-refractivity contribution is 7.11. The fourth-order valence-electron chi connectivity index (χ4n) is 4.83. The van der Waals surface area contributed by atoms with E-state index >= 15 is 0 Å². The summed E-state index contributed by atoms with van der Waals surface area (Å²) in [6, 6.07) is 20.8. The molecule has 2 heterocycles. The van der Waals surface area contributed by atoms with E-state index in [4.69, 9.17) is 9.47 Å². The molecule has 0 atom stereocenters. The van der Waals surface area contributed by atoms with Gasteiger partial charge in [-0.25, -0.2) is 0 Å². The van der Waals surface area contributed by atoms with Crippen LogP contribution in [-0.2, 0) is 0 Å². The van der Waals surface area contributed by atoms with Gasteiger partial charge in [-0.3, -0.25) is 0 Å². The van der Waals surface area contributed by atoms with Crippen LogP contribution in [0, 0.1) is 22.7 Å². The number of unbranched alkanes of at least 4 members (excludes halogenated alkanes) is 6. The van der Waals surface area contributed by atoms with E-state index in [0.717, 1.165) is 68.8 Å². The highest BCUT2D eigenvalue weighted by atomic mass is 32.1. The molecule has 0 saturated carbocycles. The fourth-order valence-corrected chi connectivity index (χ4v) is 6.22. The van der Waals surface area contributed by atoms with Crippen molar-refractivity contribution in [1.29, 1.82) is 10.5 Å². The molecule has 6 heteroatoms. The van der Waals surface area contributed by atoms with Gasteiger partial charge in [0.25, 0.3) is 0 Å². The molecule has 42 heavy (non-hydrogen) atoms. The number of ether oxygens (including phenoxy) is 2. The van der Waals surface area contributed by atoms with Gasteiger partial charge in [-0.15, -0.1) is 22.7 Å². The maximum atomic E-state index is 9.96. The summed E-state index contributed by atoms with van der Waals surface area (Å²) in [6.07, 6.45) is 12.7. The molecule has 0 aliphatic carbocycles. The van der Waals surface area contributed by atoms with E-state index in [1.807, 2.05) is 59.3 Å². The van der Waals surface area contributed by atoms with Crippen LogP contribution in [0.1, 0.15) is 86.1 Å². The third kappa shape index (κ3) is 8.13. The summed E-state index contributed by atoms with van der Waals surface area (Å²) < 4.78 is 13.0. The van der Waals surface area contributed by atoms with Gasteiger partial charge in [0.1, 0.15) is 23.6 Å². The first kappa shape index (κ1) is 31.1. The molecule has 0 amide bonds. The predicted octanol–water partition coefficient (Wildman–Crippen LogP) is 11.0. The fraction of sp³-hybridized carbons (Fsp3) is 0.333. The molecule has 216 valence electrons. The Hall–Kier alpha value is -3.84. The Balaban J connectivity index is 1.83. The smallest absolute Gasteiger partial charge is 0.134 e. The molecular formula is C36H38N2O2S2. The molecule has 0 aliphatic rings. The number of benzene rings is 2. The first-order valence-corrected chi connectivity index (χ1v) is 16.6. The Morgan fingerprint density at radius 2 is 1.10 bits per heavy atom. The van der Waals surface area contributed by atoms with Crippen LogP contribution in [0.2, 0.25) is 0 Å². The summed E-state index contributed by atoms with van der Waals surface area (Å²) in [6.45, 7) is 5.61. The molecule has 4 nitrogen and oxygen atoms in total. The molecule has 0 unspecified atom stereocenters. The average Bonchev–Trinajstić information content (AvgIpc) is 3.75. The van der Waals surface area contributed by atoms with E-state index in [9.17, 15) is 10.5 Å². The molecule has 4 aromatic rings. The Morgan fingerprint density at radius 1 is 0.643 bits per heavy atom. The normalized spacial score (nSPS) is 11.8. The van der Waals surface area contributed by atoms with E-state index in [-0.39, 0.29) is 0 Å². The first-order chi connectivity index (χ1) is 20.7. The van der Waals surface area contributed by atoms with Crippen LogP contribution in [0.4, 0.5) is 0 Å². The Labute approximate surface area is 258 Å². The van der Waals surface area contributed by atoms with Crippen molar-refractivity contribution in [2.45, 2.75) is 65.2 Å². The molecule has 2 aromatic heterocycles. The summed E-state index contributed by atoms with van der Waals surface area (Å²) in [5, 5.41) is 25.8. The standard InChI is InChI=1S/C36H38N2O2S2/c1-3-5-7-9-19-39-35-27(23-29(25-37)33-13-11-21-41-33)15-18-32-31(35)17-16-28(36(32)40-20-10-8-6-4-2)24-30(26-38)34-14-12-22-42-34/h11-18,21-24H,3-10,19-20H2,1-2H3/b29-23+,30-24+. The Bertz CT molecular complexity index is 1450. The molecule has 0 N–H and O–H groups in total. The third-order valence-corrected chi connectivity index (χ3v) is 8.87. The summed E-state index contributed by atoms with van der Waals surface area (Å²) >= 11 is 3.11. The summed E-state index contributed by atoms with van der Waals surface area (Å²) in [5.74, 6) is 1.52. The van der Waals surface area contributed by atoms with Crippen molar-refractivity contribution in [3.63, 3.8) is 0 Å². The van der Waals surface area contributed by atoms with Gasteiger partial charge in [0, 0.05) is 31.7 Å². The molecule has 0 radical (unpaired) electrons. The number of hydrogen-bond acceptors (Lipinski definition) is 6. The minimum atomic E-state index is 0.604. The zero-order valence-electron chi connectivity index (χ0n) is 24.5.